The first-order chi connectivity index (χ1) is 8.56. The Kier molecular flexibility index (Phi) is 3.91. The van der Waals surface area contributed by atoms with Crippen LogP contribution < -0.4 is 0 Å². The average Bonchev–Trinajstić information content (AvgIpc) is 2.33. The molecule has 1 aliphatic rings. The number of carboxylic acids is 1. The van der Waals surface area contributed by atoms with Crippen LogP contribution in [-0.2, 0) is 11.3 Å². The second kappa shape index (κ2) is 5.44. The number of carbonyl (C=O) groups is 1. The number of hydrogen-bond donors (Lipinski definition) is 1. The van der Waals surface area contributed by atoms with Gasteiger partial charge in [0.25, 0.3) is 0 Å². The summed E-state index contributed by atoms with van der Waals surface area (Å²) in [6.45, 7) is 1.50. The number of hydrogen-bond acceptors (Lipinski definition) is 2. The molecule has 0 unspecified atom stereocenters. The molecule has 1 aromatic carbocycles. The van der Waals surface area contributed by atoms with Gasteiger partial charge in [0.1, 0.15) is 11.6 Å². The lowest BCUT2D eigenvalue weighted by Gasteiger charge is -2.30. The highest BCUT2D eigenvalue weighted by Gasteiger charge is 2.25. The summed E-state index contributed by atoms with van der Waals surface area (Å²) in [6.07, 6.45) is 1.46. The minimum absolute atomic E-state index is 0.329. The van der Waals surface area contributed by atoms with E-state index in [4.69, 9.17) is 5.11 Å². The van der Waals surface area contributed by atoms with Crippen molar-refractivity contribution in [2.75, 3.05) is 13.1 Å². The van der Waals surface area contributed by atoms with Crippen LogP contribution in [-0.4, -0.2) is 29.1 Å². The molecule has 3 nitrogen and oxygen atoms in total. The van der Waals surface area contributed by atoms with Crippen molar-refractivity contribution in [3.05, 3.63) is 35.4 Å². The van der Waals surface area contributed by atoms with E-state index >= 15 is 0 Å². The van der Waals surface area contributed by atoms with Crippen LogP contribution >= 0.6 is 0 Å². The van der Waals surface area contributed by atoms with Crippen molar-refractivity contribution in [2.45, 2.75) is 19.4 Å². The van der Waals surface area contributed by atoms with Crippen LogP contribution in [0.2, 0.25) is 0 Å². The Morgan fingerprint density at radius 2 is 2.22 bits per heavy atom. The molecule has 98 valence electrons. The summed E-state index contributed by atoms with van der Waals surface area (Å²) in [5.74, 6) is -2.37. The molecule has 1 atom stereocenters. The summed E-state index contributed by atoms with van der Waals surface area (Å²) >= 11 is 0. The van der Waals surface area contributed by atoms with Gasteiger partial charge in [0.15, 0.2) is 0 Å². The van der Waals surface area contributed by atoms with Gasteiger partial charge in [-0.15, -0.1) is 0 Å². The van der Waals surface area contributed by atoms with Gasteiger partial charge in [0, 0.05) is 24.7 Å². The fraction of sp³-hybridized carbons (Fsp3) is 0.462. The second-order valence-electron chi connectivity index (χ2n) is 4.65. The van der Waals surface area contributed by atoms with Gasteiger partial charge in [0.05, 0.1) is 5.92 Å². The van der Waals surface area contributed by atoms with E-state index in [9.17, 15) is 13.6 Å². The normalized spacial score (nSPS) is 20.9. The molecule has 2 rings (SSSR count). The maximum Gasteiger partial charge on any atom is 0.307 e. The zero-order valence-electron chi connectivity index (χ0n) is 9.90. The molecular weight excluding hydrogens is 240 g/mol. The van der Waals surface area contributed by atoms with Crippen LogP contribution in [0.1, 0.15) is 18.4 Å². The number of carboxylic acid groups (broad SMARTS) is 1. The summed E-state index contributed by atoms with van der Waals surface area (Å²) < 4.78 is 26.2. The van der Waals surface area contributed by atoms with E-state index in [0.29, 0.717) is 25.1 Å². The van der Waals surface area contributed by atoms with Crippen LogP contribution in [0.4, 0.5) is 8.78 Å². The molecule has 5 heteroatoms. The molecule has 1 fully saturated rings. The van der Waals surface area contributed by atoms with Crippen molar-refractivity contribution in [3.63, 3.8) is 0 Å². The highest BCUT2D eigenvalue weighted by atomic mass is 19.1. The van der Waals surface area contributed by atoms with Crippen molar-refractivity contribution in [1.82, 2.24) is 4.90 Å². The summed E-state index contributed by atoms with van der Waals surface area (Å²) in [5.41, 5.74) is 0.405. The summed E-state index contributed by atoms with van der Waals surface area (Å²) in [7, 11) is 0. The van der Waals surface area contributed by atoms with Gasteiger partial charge in [-0.25, -0.2) is 8.78 Å². The van der Waals surface area contributed by atoms with Crippen LogP contribution in [0.25, 0.3) is 0 Å². The van der Waals surface area contributed by atoms with Gasteiger partial charge < -0.3 is 5.11 Å². The van der Waals surface area contributed by atoms with Crippen molar-refractivity contribution in [1.29, 1.82) is 0 Å². The number of nitrogens with zero attached hydrogens (tertiary/aromatic N) is 1. The maximum absolute atomic E-state index is 13.5. The third kappa shape index (κ3) is 3.04. The molecule has 1 N–H and O–H groups in total. The number of likely N-dealkylation sites (tertiary alicyclic amines) is 1. The first-order valence-corrected chi connectivity index (χ1v) is 5.95. The first-order valence-electron chi connectivity index (χ1n) is 5.95. The molecule has 1 aromatic rings. The Morgan fingerprint density at radius 1 is 1.44 bits per heavy atom. The van der Waals surface area contributed by atoms with Gasteiger partial charge >= 0.3 is 5.97 Å². The van der Waals surface area contributed by atoms with Crippen molar-refractivity contribution < 1.29 is 18.7 Å². The summed E-state index contributed by atoms with van der Waals surface area (Å²) in [4.78, 5) is 12.8. The van der Waals surface area contributed by atoms with Gasteiger partial charge in [-0.3, -0.25) is 9.69 Å². The molecule has 0 spiro atoms. The quantitative estimate of drug-likeness (QED) is 0.900. The third-order valence-electron chi connectivity index (χ3n) is 3.26. The Bertz CT molecular complexity index is 451. The van der Waals surface area contributed by atoms with E-state index in [1.807, 2.05) is 4.90 Å². The minimum atomic E-state index is -0.806. The zero-order chi connectivity index (χ0) is 13.1. The molecular formula is C13H15F2NO2. The van der Waals surface area contributed by atoms with Crippen LogP contribution in [0.3, 0.4) is 0 Å². The standard InChI is InChI=1S/C13H15F2NO2/c14-11-4-3-9(12(15)6-11)7-16-5-1-2-10(8-16)13(17)18/h3-4,6,10H,1-2,5,7-8H2,(H,17,18)/t10-/m0/s1. The van der Waals surface area contributed by atoms with E-state index in [2.05, 4.69) is 0 Å². The monoisotopic (exact) mass is 255 g/mol. The molecule has 0 amide bonds. The Morgan fingerprint density at radius 3 is 2.89 bits per heavy atom. The second-order valence-corrected chi connectivity index (χ2v) is 4.65. The van der Waals surface area contributed by atoms with E-state index in [1.54, 1.807) is 0 Å². The molecule has 1 heterocycles. The predicted octanol–water partition coefficient (Wildman–Crippen LogP) is 2.26. The maximum atomic E-state index is 13.5. The van der Waals surface area contributed by atoms with Gasteiger partial charge in [-0.2, -0.15) is 0 Å². The molecule has 18 heavy (non-hydrogen) atoms. The van der Waals surface area contributed by atoms with E-state index in [0.717, 1.165) is 19.0 Å². The number of aliphatic carboxylic acids is 1. The Labute approximate surface area is 104 Å². The zero-order valence-corrected chi connectivity index (χ0v) is 9.90. The topological polar surface area (TPSA) is 40.5 Å². The fourth-order valence-corrected chi connectivity index (χ4v) is 2.29. The molecule has 1 saturated heterocycles. The lowest BCUT2D eigenvalue weighted by molar-refractivity contribution is -0.143. The molecule has 0 aliphatic carbocycles. The van der Waals surface area contributed by atoms with Crippen molar-refractivity contribution >= 4 is 5.97 Å². The third-order valence-corrected chi connectivity index (χ3v) is 3.26. The van der Waals surface area contributed by atoms with E-state index in [-0.39, 0.29) is 5.92 Å². The summed E-state index contributed by atoms with van der Waals surface area (Å²) in [6, 6.07) is 3.49. The molecule has 0 aromatic heterocycles. The molecule has 0 bridgehead atoms. The largest absolute Gasteiger partial charge is 0.481 e. The Hall–Kier alpha value is -1.49. The molecule has 0 saturated carbocycles. The van der Waals surface area contributed by atoms with Crippen LogP contribution in [0.15, 0.2) is 18.2 Å². The lowest BCUT2D eigenvalue weighted by Crippen LogP contribution is -2.38. The van der Waals surface area contributed by atoms with Crippen LogP contribution in [0.5, 0.6) is 0 Å². The van der Waals surface area contributed by atoms with Gasteiger partial charge in [-0.1, -0.05) is 6.07 Å². The van der Waals surface area contributed by atoms with E-state index < -0.39 is 17.6 Å². The minimum Gasteiger partial charge on any atom is -0.481 e. The lowest BCUT2D eigenvalue weighted by atomic mass is 9.98. The van der Waals surface area contributed by atoms with E-state index in [1.165, 1.54) is 12.1 Å². The molecule has 0 radical (unpaired) electrons. The number of benzene rings is 1. The number of rotatable bonds is 3. The van der Waals surface area contributed by atoms with Gasteiger partial charge in [-0.05, 0) is 25.5 Å². The number of piperidine rings is 1. The van der Waals surface area contributed by atoms with Crippen molar-refractivity contribution in [3.8, 4) is 0 Å². The average molecular weight is 255 g/mol. The predicted molar refractivity (Wildman–Crippen MR) is 62.0 cm³/mol. The highest BCUT2D eigenvalue weighted by Crippen LogP contribution is 2.20. The van der Waals surface area contributed by atoms with Gasteiger partial charge in [0.2, 0.25) is 0 Å². The highest BCUT2D eigenvalue weighted by molar-refractivity contribution is 5.70. The number of halogens is 2. The first kappa shape index (κ1) is 13.0. The summed E-state index contributed by atoms with van der Waals surface area (Å²) in [5, 5.41) is 8.96. The Balaban J connectivity index is 2.02. The smallest absolute Gasteiger partial charge is 0.307 e. The van der Waals surface area contributed by atoms with Crippen molar-refractivity contribution in [2.24, 2.45) is 5.92 Å². The molecule has 1 aliphatic heterocycles. The fourth-order valence-electron chi connectivity index (χ4n) is 2.29. The van der Waals surface area contributed by atoms with Crippen LogP contribution in [0, 0.1) is 17.6 Å². The SMILES string of the molecule is O=C(O)[C@H]1CCCN(Cc2ccc(F)cc2F)C1.